The van der Waals surface area contributed by atoms with Gasteiger partial charge in [0, 0.05) is 5.02 Å². The normalized spacial score (nSPS) is 13.8. The molecule has 2 aromatic rings. The van der Waals surface area contributed by atoms with Crippen LogP contribution < -0.4 is 15.0 Å². The molecule has 0 radical (unpaired) electrons. The first-order valence-corrected chi connectivity index (χ1v) is 8.24. The van der Waals surface area contributed by atoms with Crippen LogP contribution in [0.5, 0.6) is 5.75 Å². The maximum absolute atomic E-state index is 13.1. The molecule has 142 valence electrons. The molecule has 0 atom stereocenters. The summed E-state index contributed by atoms with van der Waals surface area (Å²) in [4.78, 5) is 25.5. The number of fused-ring (bicyclic) bond motifs is 1. The second-order valence-corrected chi connectivity index (χ2v) is 6.47. The highest BCUT2D eigenvalue weighted by atomic mass is 35.5. The van der Waals surface area contributed by atoms with Crippen LogP contribution in [-0.4, -0.2) is 25.0 Å². The number of aryl methyl sites for hydroxylation is 1. The summed E-state index contributed by atoms with van der Waals surface area (Å²) >= 11 is 5.63. The van der Waals surface area contributed by atoms with Gasteiger partial charge in [-0.1, -0.05) is 17.7 Å². The Morgan fingerprint density at radius 3 is 2.70 bits per heavy atom. The average Bonchev–Trinajstić information content (AvgIpc) is 2.54. The molecule has 1 amide bonds. The van der Waals surface area contributed by atoms with Crippen molar-refractivity contribution < 1.29 is 27.5 Å². The summed E-state index contributed by atoms with van der Waals surface area (Å²) in [5.74, 6) is -0.950. The van der Waals surface area contributed by atoms with Crippen molar-refractivity contribution in [1.82, 2.24) is 0 Å². The first kappa shape index (κ1) is 19.0. The van der Waals surface area contributed by atoms with E-state index in [-0.39, 0.29) is 18.1 Å². The van der Waals surface area contributed by atoms with Crippen LogP contribution in [0.15, 0.2) is 36.4 Å². The lowest BCUT2D eigenvalue weighted by atomic mass is 10.1. The Labute approximate surface area is 157 Å². The van der Waals surface area contributed by atoms with Crippen molar-refractivity contribution in [1.29, 1.82) is 0 Å². The third-order valence-corrected chi connectivity index (χ3v) is 4.13. The summed E-state index contributed by atoms with van der Waals surface area (Å²) in [6.07, 6.45) is -4.67. The second kappa shape index (κ2) is 7.11. The number of benzene rings is 2. The van der Waals surface area contributed by atoms with Crippen LogP contribution in [0.2, 0.25) is 5.02 Å². The first-order chi connectivity index (χ1) is 12.6. The average molecular weight is 399 g/mol. The maximum Gasteiger partial charge on any atom is 0.418 e. The van der Waals surface area contributed by atoms with Crippen LogP contribution in [0, 0.1) is 6.92 Å². The van der Waals surface area contributed by atoms with Crippen molar-refractivity contribution in [3.8, 4) is 5.75 Å². The van der Waals surface area contributed by atoms with E-state index in [1.54, 1.807) is 18.2 Å². The number of halogens is 4. The molecular formula is C18H14ClF3N2O3. The molecule has 0 spiro atoms. The van der Waals surface area contributed by atoms with Crippen LogP contribution in [0.1, 0.15) is 11.1 Å². The van der Waals surface area contributed by atoms with Gasteiger partial charge >= 0.3 is 12.1 Å². The number of nitrogens with zero attached hydrogens (tertiary/aromatic N) is 1. The van der Waals surface area contributed by atoms with Crippen LogP contribution in [-0.2, 0) is 15.8 Å². The van der Waals surface area contributed by atoms with Crippen LogP contribution >= 0.6 is 11.6 Å². The van der Waals surface area contributed by atoms with Crippen LogP contribution in [0.4, 0.5) is 24.5 Å². The molecule has 0 unspecified atom stereocenters. The quantitative estimate of drug-likeness (QED) is 0.626. The zero-order chi connectivity index (χ0) is 19.8. The summed E-state index contributed by atoms with van der Waals surface area (Å²) in [6.45, 7) is 1.32. The fourth-order valence-electron chi connectivity index (χ4n) is 2.72. The Morgan fingerprint density at radius 2 is 2.00 bits per heavy atom. The van der Waals surface area contributed by atoms with Gasteiger partial charge in [0.15, 0.2) is 5.75 Å². The van der Waals surface area contributed by atoms with E-state index < -0.39 is 29.3 Å². The minimum atomic E-state index is -4.67. The number of nitrogens with one attached hydrogen (secondary N) is 1. The zero-order valence-electron chi connectivity index (χ0n) is 14.1. The van der Waals surface area contributed by atoms with Crippen molar-refractivity contribution in [3.63, 3.8) is 0 Å². The number of ether oxygens (including phenoxy) is 1. The highest BCUT2D eigenvalue weighted by Crippen LogP contribution is 2.37. The number of rotatable bonds is 3. The molecule has 1 heterocycles. The van der Waals surface area contributed by atoms with Gasteiger partial charge in [-0.05, 0) is 42.8 Å². The Bertz CT molecular complexity index is 915. The van der Waals surface area contributed by atoms with Crippen molar-refractivity contribution >= 4 is 34.9 Å². The summed E-state index contributed by atoms with van der Waals surface area (Å²) in [5.41, 5.74) is -0.0654. The highest BCUT2D eigenvalue weighted by molar-refractivity contribution is 6.30. The minimum Gasteiger partial charge on any atom is -0.423 e. The van der Waals surface area contributed by atoms with E-state index in [1.807, 2.05) is 6.92 Å². The first-order valence-electron chi connectivity index (χ1n) is 7.86. The molecule has 1 N–H and O–H groups in total. The zero-order valence-corrected chi connectivity index (χ0v) is 14.8. The molecular weight excluding hydrogens is 385 g/mol. The molecule has 5 nitrogen and oxygen atoms in total. The Morgan fingerprint density at radius 1 is 1.26 bits per heavy atom. The van der Waals surface area contributed by atoms with Gasteiger partial charge in [0.1, 0.15) is 6.54 Å². The van der Waals surface area contributed by atoms with Gasteiger partial charge in [-0.3, -0.25) is 4.79 Å². The molecule has 0 aliphatic carbocycles. The number of hydrogen-bond acceptors (Lipinski definition) is 4. The van der Waals surface area contributed by atoms with Crippen molar-refractivity contribution in [2.45, 2.75) is 13.1 Å². The number of esters is 1. The fraction of sp³-hybridized carbons (Fsp3) is 0.222. The standard InChI is InChI=1S/C18H14ClF3N2O3/c1-10-2-5-14-15(6-10)27-17(26)9-24(14)8-16(25)23-13-4-3-11(19)7-12(13)18(20,21)22/h2-7H,8-9H2,1H3,(H,23,25). The molecule has 0 saturated carbocycles. The summed E-state index contributed by atoms with van der Waals surface area (Å²) < 4.78 is 44.6. The van der Waals surface area contributed by atoms with Crippen molar-refractivity contribution in [3.05, 3.63) is 52.5 Å². The molecule has 1 aliphatic rings. The highest BCUT2D eigenvalue weighted by Gasteiger charge is 2.34. The van der Waals surface area contributed by atoms with Gasteiger partial charge in [0.05, 0.1) is 23.5 Å². The molecule has 9 heteroatoms. The number of carbonyl (C=O) groups excluding carboxylic acids is 2. The number of alkyl halides is 3. The van der Waals surface area contributed by atoms with E-state index >= 15 is 0 Å². The van der Waals surface area contributed by atoms with Crippen LogP contribution in [0.3, 0.4) is 0 Å². The predicted octanol–water partition coefficient (Wildman–Crippen LogP) is 4.03. The molecule has 0 saturated heterocycles. The summed E-state index contributed by atoms with van der Waals surface area (Å²) in [6, 6.07) is 8.21. The Hall–Kier alpha value is -2.74. The van der Waals surface area contributed by atoms with E-state index in [1.165, 1.54) is 11.0 Å². The largest absolute Gasteiger partial charge is 0.423 e. The van der Waals surface area contributed by atoms with Gasteiger partial charge < -0.3 is 15.0 Å². The summed E-state index contributed by atoms with van der Waals surface area (Å²) in [7, 11) is 0. The van der Waals surface area contributed by atoms with Gasteiger partial charge in [-0.2, -0.15) is 13.2 Å². The van der Waals surface area contributed by atoms with Crippen molar-refractivity contribution in [2.24, 2.45) is 0 Å². The molecule has 1 aliphatic heterocycles. The molecule has 0 fully saturated rings. The van der Waals surface area contributed by atoms with E-state index in [0.29, 0.717) is 11.4 Å². The smallest absolute Gasteiger partial charge is 0.418 e. The topological polar surface area (TPSA) is 58.6 Å². The third kappa shape index (κ3) is 4.33. The molecule has 2 aromatic carbocycles. The van der Waals surface area contributed by atoms with Gasteiger partial charge in [-0.25, -0.2) is 4.79 Å². The predicted molar refractivity (Wildman–Crippen MR) is 94.1 cm³/mol. The van der Waals surface area contributed by atoms with E-state index in [9.17, 15) is 22.8 Å². The third-order valence-electron chi connectivity index (χ3n) is 3.90. The van der Waals surface area contributed by atoms with Crippen molar-refractivity contribution in [2.75, 3.05) is 23.3 Å². The van der Waals surface area contributed by atoms with Gasteiger partial charge in [0.2, 0.25) is 5.91 Å². The van der Waals surface area contributed by atoms with Gasteiger partial charge in [-0.15, -0.1) is 0 Å². The fourth-order valence-corrected chi connectivity index (χ4v) is 2.90. The van der Waals surface area contributed by atoms with Crippen LogP contribution in [0.25, 0.3) is 0 Å². The lowest BCUT2D eigenvalue weighted by Gasteiger charge is -2.29. The SMILES string of the molecule is Cc1ccc2c(c1)OC(=O)CN2CC(=O)Nc1ccc(Cl)cc1C(F)(F)F. The Kier molecular flexibility index (Phi) is 5.01. The minimum absolute atomic E-state index is 0.0941. The van der Waals surface area contributed by atoms with E-state index in [4.69, 9.17) is 16.3 Å². The molecule has 0 bridgehead atoms. The lowest BCUT2D eigenvalue weighted by Crippen LogP contribution is -2.41. The monoisotopic (exact) mass is 398 g/mol. The molecule has 27 heavy (non-hydrogen) atoms. The number of amides is 1. The van der Waals surface area contributed by atoms with E-state index in [0.717, 1.165) is 17.7 Å². The number of hydrogen-bond donors (Lipinski definition) is 1. The Balaban J connectivity index is 1.81. The molecule has 3 rings (SSSR count). The van der Waals surface area contributed by atoms with E-state index in [2.05, 4.69) is 5.32 Å². The maximum atomic E-state index is 13.1. The summed E-state index contributed by atoms with van der Waals surface area (Å²) in [5, 5.41) is 2.14. The second-order valence-electron chi connectivity index (χ2n) is 6.04. The lowest BCUT2D eigenvalue weighted by molar-refractivity contribution is -0.137. The number of carbonyl (C=O) groups is 2. The molecule has 0 aromatic heterocycles. The van der Waals surface area contributed by atoms with Gasteiger partial charge in [0.25, 0.3) is 0 Å². The number of anilines is 2.